The zero-order valence-electron chi connectivity index (χ0n) is 17.0. The fourth-order valence-electron chi connectivity index (χ4n) is 3.40. The molecule has 2 aromatic carbocycles. The van der Waals surface area contributed by atoms with Gasteiger partial charge in [0.1, 0.15) is 0 Å². The molecule has 166 valence electrons. The first-order valence-electron chi connectivity index (χ1n) is 10.1. The minimum atomic E-state index is -4.35. The quantitative estimate of drug-likeness (QED) is 0.731. The molecule has 1 fully saturated rings. The maximum atomic E-state index is 12.9. The van der Waals surface area contributed by atoms with E-state index in [2.05, 4.69) is 10.6 Å². The molecule has 1 aliphatic rings. The summed E-state index contributed by atoms with van der Waals surface area (Å²) in [5.41, 5.74) is 0.620. The Morgan fingerprint density at radius 1 is 0.935 bits per heavy atom. The molecule has 1 aliphatic heterocycles. The fourth-order valence-corrected chi connectivity index (χ4v) is 3.40. The molecule has 31 heavy (non-hydrogen) atoms. The van der Waals surface area contributed by atoms with E-state index in [4.69, 9.17) is 0 Å². The van der Waals surface area contributed by atoms with Crippen molar-refractivity contribution in [2.75, 3.05) is 38.0 Å². The third-order valence-corrected chi connectivity index (χ3v) is 5.04. The van der Waals surface area contributed by atoms with Crippen LogP contribution in [0.5, 0.6) is 0 Å². The highest BCUT2D eigenvalue weighted by Crippen LogP contribution is 2.29. The van der Waals surface area contributed by atoms with Crippen LogP contribution >= 0.6 is 0 Å². The van der Waals surface area contributed by atoms with Crippen molar-refractivity contribution in [3.8, 4) is 0 Å². The van der Waals surface area contributed by atoms with Gasteiger partial charge in [0.2, 0.25) is 5.91 Å². The van der Waals surface area contributed by atoms with Crippen LogP contribution in [0.3, 0.4) is 0 Å². The SMILES string of the molecule is O=C(NCCC(=O)N1CCN(Cc2cccc(C(F)(F)F)c2)CC1)Nc1ccccc1. The molecule has 6 nitrogen and oxygen atoms in total. The lowest BCUT2D eigenvalue weighted by molar-refractivity contribution is -0.137. The van der Waals surface area contributed by atoms with Gasteiger partial charge in [0.25, 0.3) is 0 Å². The highest BCUT2D eigenvalue weighted by molar-refractivity contribution is 5.89. The Balaban J connectivity index is 1.37. The minimum Gasteiger partial charge on any atom is -0.340 e. The Labute approximate surface area is 179 Å². The van der Waals surface area contributed by atoms with Crippen molar-refractivity contribution < 1.29 is 22.8 Å². The minimum absolute atomic E-state index is 0.0567. The molecule has 0 aliphatic carbocycles. The maximum Gasteiger partial charge on any atom is 0.416 e. The van der Waals surface area contributed by atoms with E-state index in [0.717, 1.165) is 6.07 Å². The second kappa shape index (κ2) is 10.3. The topological polar surface area (TPSA) is 64.7 Å². The van der Waals surface area contributed by atoms with Crippen LogP contribution in [0.15, 0.2) is 54.6 Å². The van der Waals surface area contributed by atoms with Gasteiger partial charge in [-0.15, -0.1) is 0 Å². The summed E-state index contributed by atoms with van der Waals surface area (Å²) in [6.07, 6.45) is -4.16. The number of rotatable bonds is 6. The third kappa shape index (κ3) is 6.99. The predicted octanol–water partition coefficient (Wildman–Crippen LogP) is 3.56. The highest BCUT2D eigenvalue weighted by atomic mass is 19.4. The molecule has 1 heterocycles. The summed E-state index contributed by atoms with van der Waals surface area (Å²) in [5.74, 6) is -0.0567. The van der Waals surface area contributed by atoms with Crippen molar-refractivity contribution in [2.45, 2.75) is 19.1 Å². The van der Waals surface area contributed by atoms with E-state index in [1.54, 1.807) is 23.1 Å². The molecule has 1 saturated heterocycles. The molecule has 0 bridgehead atoms. The number of urea groups is 1. The van der Waals surface area contributed by atoms with Gasteiger partial charge >= 0.3 is 12.2 Å². The average molecular weight is 434 g/mol. The Bertz CT molecular complexity index is 882. The number of hydrogen-bond acceptors (Lipinski definition) is 3. The molecule has 0 unspecified atom stereocenters. The van der Waals surface area contributed by atoms with E-state index < -0.39 is 11.7 Å². The highest BCUT2D eigenvalue weighted by Gasteiger charge is 2.30. The zero-order chi connectivity index (χ0) is 22.3. The number of alkyl halides is 3. The Morgan fingerprint density at radius 2 is 1.65 bits per heavy atom. The summed E-state index contributed by atoms with van der Waals surface area (Å²) in [4.78, 5) is 28.0. The predicted molar refractivity (Wildman–Crippen MR) is 111 cm³/mol. The van der Waals surface area contributed by atoms with Crippen molar-refractivity contribution in [1.29, 1.82) is 0 Å². The fraction of sp³-hybridized carbons (Fsp3) is 0.364. The summed E-state index contributed by atoms with van der Waals surface area (Å²) >= 11 is 0. The standard InChI is InChI=1S/C22H25F3N4O2/c23-22(24,25)18-6-4-5-17(15-18)16-28-11-13-29(14-12-28)20(30)9-10-26-21(31)27-19-7-2-1-3-8-19/h1-8,15H,9-14,16H2,(H2,26,27,31). The molecule has 0 aromatic heterocycles. The number of amides is 3. The molecule has 9 heteroatoms. The second-order valence-corrected chi connectivity index (χ2v) is 7.35. The van der Waals surface area contributed by atoms with E-state index in [0.29, 0.717) is 44.0 Å². The number of para-hydroxylation sites is 1. The maximum absolute atomic E-state index is 12.9. The lowest BCUT2D eigenvalue weighted by atomic mass is 10.1. The molecule has 3 amide bonds. The van der Waals surface area contributed by atoms with Crippen LogP contribution in [0.1, 0.15) is 17.5 Å². The van der Waals surface area contributed by atoms with Gasteiger partial charge in [-0.05, 0) is 23.8 Å². The van der Waals surface area contributed by atoms with Crippen molar-refractivity contribution in [3.63, 3.8) is 0 Å². The number of benzene rings is 2. The number of anilines is 1. The number of halogens is 3. The van der Waals surface area contributed by atoms with Crippen molar-refractivity contribution in [1.82, 2.24) is 15.1 Å². The molecule has 0 spiro atoms. The van der Waals surface area contributed by atoms with Crippen LogP contribution in [0.4, 0.5) is 23.7 Å². The van der Waals surface area contributed by atoms with E-state index >= 15 is 0 Å². The first-order chi connectivity index (χ1) is 14.8. The monoisotopic (exact) mass is 434 g/mol. The van der Waals surface area contributed by atoms with Crippen LogP contribution in [-0.2, 0) is 17.5 Å². The van der Waals surface area contributed by atoms with Gasteiger partial charge in [0, 0.05) is 51.4 Å². The van der Waals surface area contributed by atoms with Crippen molar-refractivity contribution >= 4 is 17.6 Å². The first-order valence-corrected chi connectivity index (χ1v) is 10.1. The number of nitrogens with one attached hydrogen (secondary N) is 2. The largest absolute Gasteiger partial charge is 0.416 e. The van der Waals surface area contributed by atoms with E-state index in [-0.39, 0.29) is 24.9 Å². The zero-order valence-corrected chi connectivity index (χ0v) is 17.0. The van der Waals surface area contributed by atoms with Gasteiger partial charge in [-0.25, -0.2) is 4.79 Å². The van der Waals surface area contributed by atoms with Crippen LogP contribution in [0.2, 0.25) is 0 Å². The molecule has 0 radical (unpaired) electrons. The molecule has 0 atom stereocenters. The molecular formula is C22H25F3N4O2. The van der Waals surface area contributed by atoms with Gasteiger partial charge in [-0.1, -0.05) is 36.4 Å². The Morgan fingerprint density at radius 3 is 2.32 bits per heavy atom. The van der Waals surface area contributed by atoms with E-state index in [1.165, 1.54) is 12.1 Å². The lowest BCUT2D eigenvalue weighted by Gasteiger charge is -2.35. The Hall–Kier alpha value is -3.07. The smallest absolute Gasteiger partial charge is 0.340 e. The van der Waals surface area contributed by atoms with Crippen molar-refractivity contribution in [3.05, 3.63) is 65.7 Å². The van der Waals surface area contributed by atoms with Crippen LogP contribution in [0, 0.1) is 0 Å². The van der Waals surface area contributed by atoms with Gasteiger partial charge in [-0.2, -0.15) is 13.2 Å². The third-order valence-electron chi connectivity index (χ3n) is 5.04. The first kappa shape index (κ1) is 22.6. The second-order valence-electron chi connectivity index (χ2n) is 7.35. The summed E-state index contributed by atoms with van der Waals surface area (Å²) < 4.78 is 38.6. The number of carbonyl (C=O) groups excluding carboxylic acids is 2. The Kier molecular flexibility index (Phi) is 7.51. The molecule has 2 N–H and O–H groups in total. The number of piperazine rings is 1. The van der Waals surface area contributed by atoms with E-state index in [1.807, 2.05) is 23.1 Å². The van der Waals surface area contributed by atoms with Crippen LogP contribution in [-0.4, -0.2) is 54.5 Å². The average Bonchev–Trinajstić information content (AvgIpc) is 2.74. The van der Waals surface area contributed by atoms with Gasteiger partial charge in [-0.3, -0.25) is 9.69 Å². The van der Waals surface area contributed by atoms with Crippen LogP contribution < -0.4 is 10.6 Å². The summed E-state index contributed by atoms with van der Waals surface area (Å²) in [5, 5.41) is 5.35. The number of nitrogens with zero attached hydrogens (tertiary/aromatic N) is 2. The number of hydrogen-bond donors (Lipinski definition) is 2. The van der Waals surface area contributed by atoms with Crippen LogP contribution in [0.25, 0.3) is 0 Å². The number of carbonyl (C=O) groups is 2. The van der Waals surface area contributed by atoms with Gasteiger partial charge < -0.3 is 15.5 Å². The summed E-state index contributed by atoms with van der Waals surface area (Å²) in [7, 11) is 0. The van der Waals surface area contributed by atoms with Gasteiger partial charge in [0.15, 0.2) is 0 Å². The van der Waals surface area contributed by atoms with E-state index in [9.17, 15) is 22.8 Å². The normalized spacial score (nSPS) is 14.9. The lowest BCUT2D eigenvalue weighted by Crippen LogP contribution is -2.48. The summed E-state index contributed by atoms with van der Waals surface area (Å²) in [6.45, 7) is 2.82. The van der Waals surface area contributed by atoms with Gasteiger partial charge in [0.05, 0.1) is 5.56 Å². The molecule has 0 saturated carbocycles. The molecule has 3 rings (SSSR count). The molecular weight excluding hydrogens is 409 g/mol. The van der Waals surface area contributed by atoms with Crippen molar-refractivity contribution in [2.24, 2.45) is 0 Å². The summed E-state index contributed by atoms with van der Waals surface area (Å²) in [6, 6.07) is 14.0. The molecule has 2 aromatic rings.